The van der Waals surface area contributed by atoms with E-state index in [1.165, 1.54) is 36.7 Å². The zero-order valence-corrected chi connectivity index (χ0v) is 22.9. The number of ether oxygens (including phenoxy) is 3. The van der Waals surface area contributed by atoms with Crippen LogP contribution in [0, 0.1) is 0 Å². The van der Waals surface area contributed by atoms with Gasteiger partial charge in [0.05, 0.1) is 36.6 Å². The van der Waals surface area contributed by atoms with E-state index in [4.69, 9.17) is 54.1 Å². The summed E-state index contributed by atoms with van der Waals surface area (Å²) in [5.74, 6) is -0.421. The number of carboxylic acid groups (broad SMARTS) is 1. The number of methoxy groups -OCH3 is 2. The van der Waals surface area contributed by atoms with Crippen LogP contribution in [0.15, 0.2) is 41.5 Å². The van der Waals surface area contributed by atoms with Gasteiger partial charge in [0, 0.05) is 28.0 Å². The van der Waals surface area contributed by atoms with Gasteiger partial charge < -0.3 is 19.3 Å². The number of anilines is 1. The molecule has 0 atom stereocenters. The molecule has 0 fully saturated rings. The maximum atomic E-state index is 12.9. The van der Waals surface area contributed by atoms with Gasteiger partial charge in [-0.1, -0.05) is 29.3 Å². The molecule has 8 nitrogen and oxygen atoms in total. The third-order valence-corrected chi connectivity index (χ3v) is 6.67. The first kappa shape index (κ1) is 28.6. The lowest BCUT2D eigenvalue weighted by Gasteiger charge is -2.13. The molecule has 3 aromatic rings. The van der Waals surface area contributed by atoms with E-state index in [0.29, 0.717) is 40.4 Å². The average molecular weight is 586 g/mol. The second-order valence-electron chi connectivity index (χ2n) is 7.44. The molecule has 0 saturated carbocycles. The van der Waals surface area contributed by atoms with E-state index in [-0.39, 0.29) is 26.9 Å². The summed E-state index contributed by atoms with van der Waals surface area (Å²) < 4.78 is 16.2. The molecule has 0 spiro atoms. The number of amides is 1. The molecule has 0 unspecified atom stereocenters. The Morgan fingerprint density at radius 3 is 2.51 bits per heavy atom. The molecule has 12 heteroatoms. The number of rotatable bonds is 12. The van der Waals surface area contributed by atoms with Crippen molar-refractivity contribution in [3.05, 3.63) is 62.6 Å². The van der Waals surface area contributed by atoms with Gasteiger partial charge >= 0.3 is 5.97 Å². The molecule has 196 valence electrons. The fourth-order valence-electron chi connectivity index (χ4n) is 3.24. The zero-order chi connectivity index (χ0) is 26.9. The Balaban J connectivity index is 1.79. The largest absolute Gasteiger partial charge is 0.492 e. The number of para-hydroxylation sites is 1. The highest BCUT2D eigenvalue weighted by atomic mass is 35.5. The molecule has 1 amide bonds. The second-order valence-corrected chi connectivity index (χ2v) is 9.50. The molecular formula is C25H23Cl3N2O6S. The third kappa shape index (κ3) is 7.29. The fourth-order valence-corrected chi connectivity index (χ4v) is 4.73. The Morgan fingerprint density at radius 2 is 1.89 bits per heavy atom. The first-order valence-electron chi connectivity index (χ1n) is 10.9. The molecule has 3 rings (SSSR count). The van der Waals surface area contributed by atoms with Gasteiger partial charge in [0.1, 0.15) is 0 Å². The highest BCUT2D eigenvalue weighted by molar-refractivity contribution is 7.14. The minimum absolute atomic E-state index is 0.0841. The summed E-state index contributed by atoms with van der Waals surface area (Å²) in [6.07, 6.45) is 2.86. The van der Waals surface area contributed by atoms with Gasteiger partial charge in [0.2, 0.25) is 5.76 Å². The number of aromatic nitrogens is 1. The van der Waals surface area contributed by atoms with Crippen molar-refractivity contribution in [2.24, 2.45) is 0 Å². The number of nitrogens with zero attached hydrogens (tertiary/aromatic N) is 1. The summed E-state index contributed by atoms with van der Waals surface area (Å²) in [4.78, 5) is 28.6. The highest BCUT2D eigenvalue weighted by Crippen LogP contribution is 2.39. The van der Waals surface area contributed by atoms with Gasteiger partial charge in [0.15, 0.2) is 16.6 Å². The van der Waals surface area contributed by atoms with E-state index in [1.54, 1.807) is 12.5 Å². The molecular weight excluding hydrogens is 563 g/mol. The lowest BCUT2D eigenvalue weighted by molar-refractivity contribution is -0.135. The van der Waals surface area contributed by atoms with Gasteiger partial charge in [-0.2, -0.15) is 0 Å². The zero-order valence-electron chi connectivity index (χ0n) is 19.8. The number of unbranched alkanes of at least 4 members (excludes halogenated alkanes) is 1. The SMILES string of the molecule is CO/C(=C/c1c(Cl)cc(C(=O)Nc2nc(-c3cccc(OCCCCCl)c3OC)cs2)cc1Cl)C(=O)O. The van der Waals surface area contributed by atoms with Gasteiger partial charge in [0.25, 0.3) is 5.91 Å². The molecule has 37 heavy (non-hydrogen) atoms. The molecule has 0 aliphatic carbocycles. The number of halogens is 3. The van der Waals surface area contributed by atoms with Crippen molar-refractivity contribution >= 4 is 69.2 Å². The Morgan fingerprint density at radius 1 is 1.16 bits per heavy atom. The quantitative estimate of drug-likeness (QED) is 0.104. The van der Waals surface area contributed by atoms with E-state index in [0.717, 1.165) is 12.8 Å². The van der Waals surface area contributed by atoms with E-state index in [1.807, 2.05) is 18.2 Å². The summed E-state index contributed by atoms with van der Waals surface area (Å²) in [7, 11) is 2.77. The van der Waals surface area contributed by atoms with Crippen molar-refractivity contribution in [1.29, 1.82) is 0 Å². The van der Waals surface area contributed by atoms with Crippen LogP contribution in [-0.4, -0.2) is 48.7 Å². The van der Waals surface area contributed by atoms with Crippen LogP contribution < -0.4 is 14.8 Å². The van der Waals surface area contributed by atoms with Crippen LogP contribution in [0.25, 0.3) is 17.3 Å². The van der Waals surface area contributed by atoms with Crippen molar-refractivity contribution < 1.29 is 28.9 Å². The molecule has 2 aromatic carbocycles. The maximum Gasteiger partial charge on any atom is 0.371 e. The number of nitrogens with one attached hydrogen (secondary N) is 1. The van der Waals surface area contributed by atoms with E-state index in [9.17, 15) is 9.59 Å². The van der Waals surface area contributed by atoms with Gasteiger partial charge in [-0.25, -0.2) is 9.78 Å². The number of carboxylic acids is 1. The predicted molar refractivity (Wildman–Crippen MR) is 147 cm³/mol. The van der Waals surface area contributed by atoms with Gasteiger partial charge in [-0.05, 0) is 43.2 Å². The molecule has 0 radical (unpaired) electrons. The number of alkyl halides is 1. The van der Waals surface area contributed by atoms with Crippen LogP contribution in [-0.2, 0) is 9.53 Å². The van der Waals surface area contributed by atoms with Crippen LogP contribution in [0.1, 0.15) is 28.8 Å². The van der Waals surface area contributed by atoms with Crippen molar-refractivity contribution in [3.8, 4) is 22.8 Å². The average Bonchev–Trinajstić information content (AvgIpc) is 3.34. The predicted octanol–water partition coefficient (Wildman–Crippen LogP) is 6.85. The highest BCUT2D eigenvalue weighted by Gasteiger charge is 2.18. The van der Waals surface area contributed by atoms with Gasteiger partial charge in [-0.15, -0.1) is 22.9 Å². The first-order chi connectivity index (χ1) is 17.8. The standard InChI is InChI=1S/C25H23Cl3N2O6S/c1-34-21(24(32)33)12-16-17(27)10-14(11-18(16)28)23(31)30-25-29-19(13-37-25)15-6-5-7-20(22(15)35-2)36-9-4-3-8-26/h5-7,10-13H,3-4,8-9H2,1-2H3,(H,32,33)(H,29,30,31)/b21-12+. The second kappa shape index (κ2) is 13.5. The Labute approximate surface area is 232 Å². The molecule has 0 saturated heterocycles. The van der Waals surface area contributed by atoms with Crippen molar-refractivity contribution in [2.75, 3.05) is 32.0 Å². The lowest BCUT2D eigenvalue weighted by atomic mass is 10.1. The number of benzene rings is 2. The van der Waals surface area contributed by atoms with Crippen molar-refractivity contribution in [3.63, 3.8) is 0 Å². The third-order valence-electron chi connectivity index (χ3n) is 5.02. The number of carbonyl (C=O) groups is 2. The van der Waals surface area contributed by atoms with E-state index >= 15 is 0 Å². The topological polar surface area (TPSA) is 107 Å². The first-order valence-corrected chi connectivity index (χ1v) is 13.1. The normalized spacial score (nSPS) is 11.2. The summed E-state index contributed by atoms with van der Waals surface area (Å²) in [6, 6.07) is 8.27. The fraction of sp³-hybridized carbons (Fsp3) is 0.240. The molecule has 1 aromatic heterocycles. The number of thiazole rings is 1. The monoisotopic (exact) mass is 584 g/mol. The molecule has 0 bridgehead atoms. The lowest BCUT2D eigenvalue weighted by Crippen LogP contribution is -2.12. The van der Waals surface area contributed by atoms with Crippen LogP contribution in [0.3, 0.4) is 0 Å². The molecule has 1 heterocycles. The Hall–Kier alpha value is -2.98. The minimum Gasteiger partial charge on any atom is -0.492 e. The summed E-state index contributed by atoms with van der Waals surface area (Å²) in [6.45, 7) is 0.508. The smallest absolute Gasteiger partial charge is 0.371 e. The maximum absolute atomic E-state index is 12.9. The van der Waals surface area contributed by atoms with E-state index in [2.05, 4.69) is 10.3 Å². The van der Waals surface area contributed by atoms with Gasteiger partial charge in [-0.3, -0.25) is 10.1 Å². The van der Waals surface area contributed by atoms with Crippen molar-refractivity contribution in [2.45, 2.75) is 12.8 Å². The number of carbonyl (C=O) groups excluding carboxylic acids is 1. The molecule has 2 N–H and O–H groups in total. The molecule has 0 aliphatic rings. The number of hydrogen-bond acceptors (Lipinski definition) is 7. The Kier molecular flexibility index (Phi) is 10.5. The Bertz CT molecular complexity index is 1290. The van der Waals surface area contributed by atoms with Crippen LogP contribution in [0.5, 0.6) is 11.5 Å². The molecule has 0 aliphatic heterocycles. The summed E-state index contributed by atoms with van der Waals surface area (Å²) in [5.41, 5.74) is 1.69. The number of aliphatic carboxylic acids is 1. The van der Waals surface area contributed by atoms with E-state index < -0.39 is 11.9 Å². The van der Waals surface area contributed by atoms with Crippen LogP contribution >= 0.6 is 46.1 Å². The van der Waals surface area contributed by atoms with Crippen molar-refractivity contribution in [1.82, 2.24) is 4.98 Å². The summed E-state index contributed by atoms with van der Waals surface area (Å²) in [5, 5.41) is 14.2. The minimum atomic E-state index is -1.28. The van der Waals surface area contributed by atoms with Crippen LogP contribution in [0.4, 0.5) is 5.13 Å². The van der Waals surface area contributed by atoms with Crippen LogP contribution in [0.2, 0.25) is 10.0 Å². The number of hydrogen-bond donors (Lipinski definition) is 2. The summed E-state index contributed by atoms with van der Waals surface area (Å²) >= 11 is 19.5.